The van der Waals surface area contributed by atoms with Crippen molar-refractivity contribution in [2.75, 3.05) is 13.2 Å². The average Bonchev–Trinajstić information content (AvgIpc) is 2.58. The Labute approximate surface area is 148 Å². The second kappa shape index (κ2) is 9.61. The third-order valence-corrected chi connectivity index (χ3v) is 4.25. The first-order valence-corrected chi connectivity index (χ1v) is 9.20. The predicted molar refractivity (Wildman–Crippen MR) is 100 cm³/mol. The van der Waals surface area contributed by atoms with E-state index < -0.39 is 0 Å². The van der Waals surface area contributed by atoms with Crippen molar-refractivity contribution in [2.24, 2.45) is 0 Å². The second-order valence-electron chi connectivity index (χ2n) is 5.55. The normalized spacial score (nSPS) is 10.6. The molecular formula is C20H25BrO2. The minimum Gasteiger partial charge on any atom is -0.493 e. The molecule has 2 aromatic rings. The van der Waals surface area contributed by atoms with E-state index in [1.165, 1.54) is 0 Å². The van der Waals surface area contributed by atoms with Crippen LogP contribution in [0.3, 0.4) is 0 Å². The molecule has 0 aliphatic carbocycles. The molecule has 3 heteroatoms. The van der Waals surface area contributed by atoms with E-state index in [1.54, 1.807) is 0 Å². The number of rotatable bonds is 9. The molecule has 0 fully saturated rings. The first kappa shape index (κ1) is 17.9. The molecule has 0 saturated heterocycles. The number of hydrogen-bond acceptors (Lipinski definition) is 2. The molecule has 0 heterocycles. The summed E-state index contributed by atoms with van der Waals surface area (Å²) < 4.78 is 12.9. The van der Waals surface area contributed by atoms with Gasteiger partial charge in [0.2, 0.25) is 0 Å². The second-order valence-corrected chi connectivity index (χ2v) is 6.40. The molecule has 0 aromatic heterocycles. The van der Waals surface area contributed by atoms with Gasteiger partial charge in [-0.2, -0.15) is 0 Å². The topological polar surface area (TPSA) is 18.5 Å². The molecular weight excluding hydrogens is 352 g/mol. The summed E-state index contributed by atoms with van der Waals surface area (Å²) >= 11 is 3.61. The number of ether oxygens (including phenoxy) is 2. The Balaban J connectivity index is 2.31. The lowest BCUT2D eigenvalue weighted by molar-refractivity contribution is 0.300. The fourth-order valence-corrected chi connectivity index (χ4v) is 2.70. The highest BCUT2D eigenvalue weighted by molar-refractivity contribution is 9.10. The molecule has 0 saturated carbocycles. The van der Waals surface area contributed by atoms with Crippen molar-refractivity contribution in [3.8, 4) is 22.6 Å². The summed E-state index contributed by atoms with van der Waals surface area (Å²) in [7, 11) is 0. The van der Waals surface area contributed by atoms with Crippen molar-refractivity contribution in [2.45, 2.75) is 39.5 Å². The SMILES string of the molecule is CCCCOc1cc(-c2ccccc2)c(OCCCC)cc1Br. The number of unbranched alkanes of at least 4 members (excludes halogenated alkanes) is 2. The van der Waals surface area contributed by atoms with Gasteiger partial charge in [-0.3, -0.25) is 0 Å². The van der Waals surface area contributed by atoms with Gasteiger partial charge in [-0.15, -0.1) is 0 Å². The standard InChI is InChI=1S/C20H25BrO2/c1-3-5-12-22-19-15-18(21)20(23-13-6-4-2)14-17(19)16-10-8-7-9-11-16/h7-11,14-15H,3-6,12-13H2,1-2H3. The molecule has 124 valence electrons. The zero-order chi connectivity index (χ0) is 16.5. The van der Waals surface area contributed by atoms with Gasteiger partial charge in [-0.05, 0) is 46.5 Å². The summed E-state index contributed by atoms with van der Waals surface area (Å²) in [6.07, 6.45) is 4.36. The lowest BCUT2D eigenvalue weighted by atomic mass is 10.0. The fraction of sp³-hybridized carbons (Fsp3) is 0.400. The smallest absolute Gasteiger partial charge is 0.134 e. The van der Waals surface area contributed by atoms with Crippen molar-refractivity contribution >= 4 is 15.9 Å². The Kier molecular flexibility index (Phi) is 7.47. The molecule has 2 nitrogen and oxygen atoms in total. The van der Waals surface area contributed by atoms with E-state index in [0.29, 0.717) is 0 Å². The Hall–Kier alpha value is -1.48. The van der Waals surface area contributed by atoms with E-state index in [0.717, 1.165) is 66.0 Å². The van der Waals surface area contributed by atoms with Crippen LogP contribution in [-0.4, -0.2) is 13.2 Å². The number of halogens is 1. The van der Waals surface area contributed by atoms with Crippen LogP contribution >= 0.6 is 15.9 Å². The van der Waals surface area contributed by atoms with Gasteiger partial charge in [0.05, 0.1) is 17.7 Å². The predicted octanol–water partition coefficient (Wildman–Crippen LogP) is 6.47. The molecule has 2 aromatic carbocycles. The van der Waals surface area contributed by atoms with Gasteiger partial charge in [0.1, 0.15) is 11.5 Å². The van der Waals surface area contributed by atoms with Crippen LogP contribution in [0.4, 0.5) is 0 Å². The number of hydrogen-bond donors (Lipinski definition) is 0. The van der Waals surface area contributed by atoms with Gasteiger partial charge in [0.15, 0.2) is 0 Å². The van der Waals surface area contributed by atoms with Crippen molar-refractivity contribution in [1.82, 2.24) is 0 Å². The van der Waals surface area contributed by atoms with Gasteiger partial charge in [-0.1, -0.05) is 57.0 Å². The monoisotopic (exact) mass is 376 g/mol. The van der Waals surface area contributed by atoms with E-state index >= 15 is 0 Å². The van der Waals surface area contributed by atoms with Crippen LogP contribution in [0.2, 0.25) is 0 Å². The molecule has 0 aliphatic heterocycles. The number of benzene rings is 2. The fourth-order valence-electron chi connectivity index (χ4n) is 2.26. The summed E-state index contributed by atoms with van der Waals surface area (Å²) in [4.78, 5) is 0. The maximum absolute atomic E-state index is 6.01. The molecule has 0 amide bonds. The lowest BCUT2D eigenvalue weighted by Gasteiger charge is -2.16. The minimum absolute atomic E-state index is 0.735. The van der Waals surface area contributed by atoms with E-state index in [9.17, 15) is 0 Å². The summed E-state index contributed by atoms with van der Waals surface area (Å²) in [5.74, 6) is 1.78. The van der Waals surface area contributed by atoms with Crippen molar-refractivity contribution in [1.29, 1.82) is 0 Å². The molecule has 0 aliphatic rings. The highest BCUT2D eigenvalue weighted by Gasteiger charge is 2.12. The third kappa shape index (κ3) is 5.28. The largest absolute Gasteiger partial charge is 0.493 e. The molecule has 0 N–H and O–H groups in total. The van der Waals surface area contributed by atoms with Crippen LogP contribution in [0.5, 0.6) is 11.5 Å². The Morgan fingerprint density at radius 2 is 1.43 bits per heavy atom. The van der Waals surface area contributed by atoms with Crippen LogP contribution in [0.15, 0.2) is 46.9 Å². The van der Waals surface area contributed by atoms with Gasteiger partial charge in [0, 0.05) is 5.56 Å². The maximum Gasteiger partial charge on any atom is 0.134 e. The van der Waals surface area contributed by atoms with E-state index in [2.05, 4.69) is 48.0 Å². The summed E-state index contributed by atoms with van der Waals surface area (Å²) in [5.41, 5.74) is 2.23. The maximum atomic E-state index is 6.01. The van der Waals surface area contributed by atoms with E-state index in [4.69, 9.17) is 9.47 Å². The zero-order valence-corrected chi connectivity index (χ0v) is 15.6. The molecule has 23 heavy (non-hydrogen) atoms. The highest BCUT2D eigenvalue weighted by Crippen LogP contribution is 2.39. The molecule has 0 atom stereocenters. The minimum atomic E-state index is 0.735. The third-order valence-electron chi connectivity index (χ3n) is 3.63. The quantitative estimate of drug-likeness (QED) is 0.466. The average molecular weight is 377 g/mol. The summed E-state index contributed by atoms with van der Waals surface area (Å²) in [6.45, 7) is 5.80. The molecule has 0 bridgehead atoms. The first-order chi connectivity index (χ1) is 11.3. The van der Waals surface area contributed by atoms with Crippen LogP contribution in [0.25, 0.3) is 11.1 Å². The van der Waals surface area contributed by atoms with Crippen LogP contribution in [0.1, 0.15) is 39.5 Å². The van der Waals surface area contributed by atoms with Gasteiger partial charge < -0.3 is 9.47 Å². The van der Waals surface area contributed by atoms with Gasteiger partial charge >= 0.3 is 0 Å². The van der Waals surface area contributed by atoms with Crippen molar-refractivity contribution < 1.29 is 9.47 Å². The van der Waals surface area contributed by atoms with E-state index in [1.807, 2.05) is 24.3 Å². The van der Waals surface area contributed by atoms with Crippen LogP contribution in [-0.2, 0) is 0 Å². The molecule has 0 spiro atoms. The summed E-state index contributed by atoms with van der Waals surface area (Å²) in [6, 6.07) is 14.4. The first-order valence-electron chi connectivity index (χ1n) is 8.40. The van der Waals surface area contributed by atoms with Crippen molar-refractivity contribution in [3.63, 3.8) is 0 Å². The lowest BCUT2D eigenvalue weighted by Crippen LogP contribution is -2.01. The Morgan fingerprint density at radius 1 is 0.826 bits per heavy atom. The van der Waals surface area contributed by atoms with Crippen LogP contribution < -0.4 is 9.47 Å². The highest BCUT2D eigenvalue weighted by atomic mass is 79.9. The molecule has 2 rings (SSSR count). The Morgan fingerprint density at radius 3 is 2.04 bits per heavy atom. The van der Waals surface area contributed by atoms with Gasteiger partial charge in [0.25, 0.3) is 0 Å². The van der Waals surface area contributed by atoms with Crippen molar-refractivity contribution in [3.05, 3.63) is 46.9 Å². The van der Waals surface area contributed by atoms with E-state index in [-0.39, 0.29) is 0 Å². The van der Waals surface area contributed by atoms with Crippen LogP contribution in [0, 0.1) is 0 Å². The summed E-state index contributed by atoms with van der Waals surface area (Å²) in [5, 5.41) is 0. The molecule has 0 unspecified atom stereocenters. The Bertz CT molecular complexity index is 596. The zero-order valence-electron chi connectivity index (χ0n) is 14.0. The van der Waals surface area contributed by atoms with Gasteiger partial charge in [-0.25, -0.2) is 0 Å². The molecule has 0 radical (unpaired) electrons.